The number of aromatic nitrogens is 1. The highest BCUT2D eigenvalue weighted by Gasteiger charge is 2.22. The van der Waals surface area contributed by atoms with Crippen molar-refractivity contribution in [3.63, 3.8) is 0 Å². The Kier molecular flexibility index (Phi) is 3.77. The fraction of sp³-hybridized carbons (Fsp3) is 0.471. The fourth-order valence-corrected chi connectivity index (χ4v) is 3.33. The molecule has 1 fully saturated rings. The van der Waals surface area contributed by atoms with E-state index in [1.807, 2.05) is 18.3 Å². The molecule has 0 amide bonds. The van der Waals surface area contributed by atoms with Crippen molar-refractivity contribution in [1.82, 2.24) is 4.98 Å². The number of anilines is 2. The molecule has 20 heavy (non-hydrogen) atoms. The van der Waals surface area contributed by atoms with Gasteiger partial charge in [-0.25, -0.2) is 0 Å². The molecule has 3 rings (SSSR count). The van der Waals surface area contributed by atoms with Gasteiger partial charge in [0.05, 0.1) is 11.2 Å². The minimum Gasteiger partial charge on any atom is -0.398 e. The third-order valence-corrected chi connectivity index (χ3v) is 4.44. The van der Waals surface area contributed by atoms with Gasteiger partial charge in [0, 0.05) is 29.9 Å². The number of nitrogens with two attached hydrogens (primary N) is 1. The van der Waals surface area contributed by atoms with Gasteiger partial charge < -0.3 is 10.6 Å². The maximum absolute atomic E-state index is 6.09. The van der Waals surface area contributed by atoms with Gasteiger partial charge in [0.25, 0.3) is 0 Å². The van der Waals surface area contributed by atoms with Crippen LogP contribution in [0.1, 0.15) is 39.0 Å². The fourth-order valence-electron chi connectivity index (χ4n) is 3.33. The minimum absolute atomic E-state index is 0.631. The maximum atomic E-state index is 6.09. The molecule has 2 N–H and O–H groups in total. The zero-order valence-electron chi connectivity index (χ0n) is 12.2. The zero-order valence-corrected chi connectivity index (χ0v) is 12.2. The van der Waals surface area contributed by atoms with Crippen LogP contribution in [0.25, 0.3) is 10.9 Å². The third-order valence-electron chi connectivity index (χ3n) is 4.44. The summed E-state index contributed by atoms with van der Waals surface area (Å²) in [5.74, 6) is 0. The van der Waals surface area contributed by atoms with Crippen molar-refractivity contribution >= 4 is 22.3 Å². The molecule has 2 heterocycles. The zero-order chi connectivity index (χ0) is 13.9. The Morgan fingerprint density at radius 1 is 1.25 bits per heavy atom. The maximum Gasteiger partial charge on any atom is 0.0956 e. The highest BCUT2D eigenvalue weighted by atomic mass is 15.2. The molecule has 1 aromatic heterocycles. The summed E-state index contributed by atoms with van der Waals surface area (Å²) in [5, 5.41) is 1.07. The molecule has 1 aliphatic heterocycles. The van der Waals surface area contributed by atoms with Gasteiger partial charge in [0.2, 0.25) is 0 Å². The average molecular weight is 269 g/mol. The van der Waals surface area contributed by atoms with Gasteiger partial charge in [-0.15, -0.1) is 0 Å². The van der Waals surface area contributed by atoms with Crippen molar-refractivity contribution in [3.05, 3.63) is 30.5 Å². The van der Waals surface area contributed by atoms with Gasteiger partial charge in [0.1, 0.15) is 0 Å². The molecule has 1 aromatic carbocycles. The topological polar surface area (TPSA) is 42.1 Å². The van der Waals surface area contributed by atoms with Crippen LogP contribution in [0.3, 0.4) is 0 Å². The van der Waals surface area contributed by atoms with Crippen LogP contribution in [0.2, 0.25) is 0 Å². The summed E-state index contributed by atoms with van der Waals surface area (Å²) in [6, 6.07) is 8.84. The second-order valence-corrected chi connectivity index (χ2v) is 5.68. The normalized spacial score (nSPS) is 20.1. The SMILES string of the molecule is CCC1CCCCCN1c1ccc(N)c2cccnc12. The Hall–Kier alpha value is -1.77. The van der Waals surface area contributed by atoms with E-state index in [9.17, 15) is 0 Å². The molecule has 3 nitrogen and oxygen atoms in total. The Labute approximate surface area is 120 Å². The summed E-state index contributed by atoms with van der Waals surface area (Å²) >= 11 is 0. The van der Waals surface area contributed by atoms with E-state index in [0.717, 1.165) is 23.1 Å². The first kappa shape index (κ1) is 13.2. The molecule has 2 aromatic rings. The lowest BCUT2D eigenvalue weighted by atomic mass is 10.1. The van der Waals surface area contributed by atoms with Gasteiger partial charge in [-0.3, -0.25) is 4.98 Å². The summed E-state index contributed by atoms with van der Waals surface area (Å²) in [4.78, 5) is 7.15. The van der Waals surface area contributed by atoms with E-state index in [0.29, 0.717) is 6.04 Å². The molecule has 3 heteroatoms. The van der Waals surface area contributed by atoms with Gasteiger partial charge in [-0.1, -0.05) is 19.8 Å². The van der Waals surface area contributed by atoms with E-state index >= 15 is 0 Å². The Morgan fingerprint density at radius 3 is 3.00 bits per heavy atom. The third kappa shape index (κ3) is 2.33. The lowest BCUT2D eigenvalue weighted by Crippen LogP contribution is -2.34. The molecular formula is C17H23N3. The number of benzene rings is 1. The molecule has 0 spiro atoms. The molecule has 0 radical (unpaired) electrons. The first-order valence-corrected chi connectivity index (χ1v) is 7.71. The second kappa shape index (κ2) is 5.70. The number of nitrogens with zero attached hydrogens (tertiary/aromatic N) is 2. The van der Waals surface area contributed by atoms with Crippen LogP contribution < -0.4 is 10.6 Å². The highest BCUT2D eigenvalue weighted by molar-refractivity contribution is 5.98. The van der Waals surface area contributed by atoms with Crippen molar-refractivity contribution in [2.75, 3.05) is 17.2 Å². The van der Waals surface area contributed by atoms with E-state index in [1.54, 1.807) is 0 Å². The van der Waals surface area contributed by atoms with Crippen LogP contribution in [0.15, 0.2) is 30.5 Å². The predicted octanol–water partition coefficient (Wildman–Crippen LogP) is 3.98. The van der Waals surface area contributed by atoms with Gasteiger partial charge >= 0.3 is 0 Å². The van der Waals surface area contributed by atoms with Crippen LogP contribution >= 0.6 is 0 Å². The van der Waals surface area contributed by atoms with Crippen LogP contribution in [0.5, 0.6) is 0 Å². The van der Waals surface area contributed by atoms with E-state index < -0.39 is 0 Å². The lowest BCUT2D eigenvalue weighted by Gasteiger charge is -2.32. The van der Waals surface area contributed by atoms with E-state index in [-0.39, 0.29) is 0 Å². The molecule has 0 bridgehead atoms. The highest BCUT2D eigenvalue weighted by Crippen LogP contribution is 2.33. The summed E-state index contributed by atoms with van der Waals surface area (Å²) < 4.78 is 0. The minimum atomic E-state index is 0.631. The van der Waals surface area contributed by atoms with Crippen molar-refractivity contribution in [3.8, 4) is 0 Å². The van der Waals surface area contributed by atoms with Gasteiger partial charge in [-0.2, -0.15) is 0 Å². The monoisotopic (exact) mass is 269 g/mol. The van der Waals surface area contributed by atoms with Crippen LogP contribution in [0.4, 0.5) is 11.4 Å². The van der Waals surface area contributed by atoms with Gasteiger partial charge in [0.15, 0.2) is 0 Å². The van der Waals surface area contributed by atoms with Crippen molar-refractivity contribution in [1.29, 1.82) is 0 Å². The first-order chi connectivity index (χ1) is 9.81. The summed E-state index contributed by atoms with van der Waals surface area (Å²) in [7, 11) is 0. The van der Waals surface area contributed by atoms with Crippen LogP contribution in [0, 0.1) is 0 Å². The average Bonchev–Trinajstić information content (AvgIpc) is 2.73. The van der Waals surface area contributed by atoms with E-state index in [4.69, 9.17) is 5.73 Å². The van der Waals surface area contributed by atoms with Crippen molar-refractivity contribution < 1.29 is 0 Å². The largest absolute Gasteiger partial charge is 0.398 e. The molecule has 1 unspecified atom stereocenters. The summed E-state index contributed by atoms with van der Waals surface area (Å²) in [6.45, 7) is 3.42. The van der Waals surface area contributed by atoms with E-state index in [2.05, 4.69) is 28.9 Å². The van der Waals surface area contributed by atoms with Crippen molar-refractivity contribution in [2.24, 2.45) is 0 Å². The summed E-state index contributed by atoms with van der Waals surface area (Å²) in [6.07, 6.45) is 8.30. The number of nitrogen functional groups attached to an aromatic ring is 1. The molecule has 0 aliphatic carbocycles. The number of hydrogen-bond acceptors (Lipinski definition) is 3. The predicted molar refractivity (Wildman–Crippen MR) is 86.0 cm³/mol. The number of rotatable bonds is 2. The quantitative estimate of drug-likeness (QED) is 0.839. The molecule has 0 saturated carbocycles. The molecule has 1 aliphatic rings. The van der Waals surface area contributed by atoms with Crippen LogP contribution in [-0.4, -0.2) is 17.6 Å². The molecular weight excluding hydrogens is 246 g/mol. The second-order valence-electron chi connectivity index (χ2n) is 5.68. The lowest BCUT2D eigenvalue weighted by molar-refractivity contribution is 0.557. The van der Waals surface area contributed by atoms with Crippen LogP contribution in [-0.2, 0) is 0 Å². The standard InChI is InChI=1S/C17H23N3/c1-2-13-7-4-3-5-12-20(13)16-10-9-15(18)14-8-6-11-19-17(14)16/h6,8-11,13H,2-5,7,12,18H2,1H3. The molecule has 106 valence electrons. The Balaban J connectivity index is 2.10. The smallest absolute Gasteiger partial charge is 0.0956 e. The summed E-state index contributed by atoms with van der Waals surface area (Å²) in [5.41, 5.74) is 9.22. The number of fused-ring (bicyclic) bond motifs is 1. The van der Waals surface area contributed by atoms with Gasteiger partial charge in [-0.05, 0) is 43.5 Å². The number of hydrogen-bond donors (Lipinski definition) is 1. The molecule has 1 atom stereocenters. The van der Waals surface area contributed by atoms with E-state index in [1.165, 1.54) is 37.8 Å². The Morgan fingerprint density at radius 2 is 2.15 bits per heavy atom. The first-order valence-electron chi connectivity index (χ1n) is 7.71. The molecule has 1 saturated heterocycles. The number of pyridine rings is 1. The Bertz CT molecular complexity index is 594. The van der Waals surface area contributed by atoms with Crippen molar-refractivity contribution in [2.45, 2.75) is 45.1 Å².